The highest BCUT2D eigenvalue weighted by atomic mass is 16.5. The highest BCUT2D eigenvalue weighted by Crippen LogP contribution is 2.37. The van der Waals surface area contributed by atoms with Gasteiger partial charge in [-0.2, -0.15) is 0 Å². The average Bonchev–Trinajstić information content (AvgIpc) is 3.17. The van der Waals surface area contributed by atoms with Crippen molar-refractivity contribution in [2.24, 2.45) is 18.9 Å². The third-order valence-electron chi connectivity index (χ3n) is 8.07. The van der Waals surface area contributed by atoms with Gasteiger partial charge in [0.25, 0.3) is 5.91 Å². The molecule has 35 heavy (non-hydrogen) atoms. The van der Waals surface area contributed by atoms with Crippen LogP contribution in [0.2, 0.25) is 0 Å². The molecule has 180 valence electrons. The van der Waals surface area contributed by atoms with Gasteiger partial charge in [0.1, 0.15) is 16.9 Å². The number of amides is 1. The van der Waals surface area contributed by atoms with E-state index in [2.05, 4.69) is 31.6 Å². The number of benzene rings is 1. The maximum atomic E-state index is 13.4. The number of nitrogens with zero attached hydrogens (tertiary/aromatic N) is 5. The molecule has 0 unspecified atom stereocenters. The predicted octanol–water partition coefficient (Wildman–Crippen LogP) is 3.44. The molecule has 3 aromatic heterocycles. The molecule has 8 heteroatoms. The summed E-state index contributed by atoms with van der Waals surface area (Å²) in [5.74, 6) is 2.86. The van der Waals surface area contributed by atoms with Gasteiger partial charge in [0.05, 0.1) is 18.3 Å². The van der Waals surface area contributed by atoms with Crippen LogP contribution >= 0.6 is 0 Å². The molecule has 0 radical (unpaired) electrons. The average molecular weight is 471 g/mol. The number of aryl methyl sites for hydroxylation is 1. The number of likely N-dealkylation sites (tertiary alicyclic amines) is 1. The van der Waals surface area contributed by atoms with Gasteiger partial charge in [0, 0.05) is 49.9 Å². The SMILES string of the molecule is COc1cc(C(=O)N2C[C@H]3CCN[C@H]3C2)cc2nc(-c3cc4cccnc4n3CC3CC3)n(C)c12. The van der Waals surface area contributed by atoms with Gasteiger partial charge in [-0.05, 0) is 68.0 Å². The van der Waals surface area contributed by atoms with Crippen LogP contribution in [-0.2, 0) is 13.6 Å². The second-order valence-electron chi connectivity index (χ2n) is 10.4. The summed E-state index contributed by atoms with van der Waals surface area (Å²) in [5, 5.41) is 4.65. The van der Waals surface area contributed by atoms with Crippen LogP contribution in [0.1, 0.15) is 29.6 Å². The van der Waals surface area contributed by atoms with E-state index in [9.17, 15) is 4.79 Å². The Morgan fingerprint density at radius 3 is 2.89 bits per heavy atom. The first kappa shape index (κ1) is 20.9. The van der Waals surface area contributed by atoms with E-state index in [0.29, 0.717) is 29.2 Å². The van der Waals surface area contributed by atoms with Crippen molar-refractivity contribution in [2.75, 3.05) is 26.7 Å². The lowest BCUT2D eigenvalue weighted by Gasteiger charge is -2.18. The van der Waals surface area contributed by atoms with E-state index in [-0.39, 0.29) is 5.91 Å². The number of hydrogen-bond acceptors (Lipinski definition) is 5. The molecule has 8 nitrogen and oxygen atoms in total. The molecule has 1 amide bonds. The first-order valence-electron chi connectivity index (χ1n) is 12.6. The summed E-state index contributed by atoms with van der Waals surface area (Å²) in [7, 11) is 3.68. The summed E-state index contributed by atoms with van der Waals surface area (Å²) in [6.07, 6.45) is 5.53. The number of carbonyl (C=O) groups excluding carboxylic acids is 1. The monoisotopic (exact) mass is 470 g/mol. The van der Waals surface area contributed by atoms with Gasteiger partial charge in [-0.25, -0.2) is 9.97 Å². The summed E-state index contributed by atoms with van der Waals surface area (Å²) in [6, 6.07) is 10.5. The van der Waals surface area contributed by atoms with Crippen LogP contribution in [0.15, 0.2) is 36.5 Å². The van der Waals surface area contributed by atoms with E-state index in [1.165, 1.54) is 12.8 Å². The Kier molecular flexibility index (Phi) is 4.67. The van der Waals surface area contributed by atoms with Crippen molar-refractivity contribution in [2.45, 2.75) is 31.8 Å². The maximum Gasteiger partial charge on any atom is 0.254 e. The Bertz CT molecular complexity index is 1450. The zero-order valence-corrected chi connectivity index (χ0v) is 20.2. The molecule has 1 saturated carbocycles. The summed E-state index contributed by atoms with van der Waals surface area (Å²) < 4.78 is 10.2. The fourth-order valence-electron chi connectivity index (χ4n) is 6.03. The summed E-state index contributed by atoms with van der Waals surface area (Å²) in [6.45, 7) is 3.59. The van der Waals surface area contributed by atoms with Crippen molar-refractivity contribution in [1.29, 1.82) is 0 Å². The highest BCUT2D eigenvalue weighted by Gasteiger charge is 2.38. The number of hydrogen-bond donors (Lipinski definition) is 1. The second-order valence-corrected chi connectivity index (χ2v) is 10.4. The Hall–Kier alpha value is -3.39. The van der Waals surface area contributed by atoms with Crippen LogP contribution in [0, 0.1) is 11.8 Å². The Labute approximate surface area is 203 Å². The molecule has 0 spiro atoms. The molecule has 1 aromatic carbocycles. The fourth-order valence-corrected chi connectivity index (χ4v) is 6.03. The first-order chi connectivity index (χ1) is 17.1. The molecule has 1 aliphatic carbocycles. The number of rotatable bonds is 5. The Morgan fingerprint density at radius 2 is 2.09 bits per heavy atom. The highest BCUT2D eigenvalue weighted by molar-refractivity contribution is 6.00. The van der Waals surface area contributed by atoms with Crippen LogP contribution in [0.5, 0.6) is 5.75 Å². The minimum absolute atomic E-state index is 0.0562. The molecule has 4 aromatic rings. The van der Waals surface area contributed by atoms with Gasteiger partial charge in [-0.15, -0.1) is 0 Å². The molecule has 2 aliphatic heterocycles. The van der Waals surface area contributed by atoms with Crippen LogP contribution in [0.4, 0.5) is 0 Å². The standard InChI is InChI=1S/C27H30N6O2/c1-31-24-20(10-19(12-23(24)35-2)27(34)32-14-18-7-9-28-21(18)15-32)30-26(31)22-11-17-4-3-8-29-25(17)33(22)13-16-5-6-16/h3-4,8,10-12,16,18,21,28H,5-7,9,13-15H2,1-2H3/t18-,21+/m1/s1. The molecule has 3 fully saturated rings. The second kappa shape index (κ2) is 7.81. The van der Waals surface area contributed by atoms with Gasteiger partial charge in [-0.3, -0.25) is 4.79 Å². The summed E-state index contributed by atoms with van der Waals surface area (Å²) in [5.41, 5.74) is 4.36. The molecule has 7 rings (SSSR count). The third kappa shape index (κ3) is 3.34. The number of pyridine rings is 1. The molecule has 0 bridgehead atoms. The van der Waals surface area contributed by atoms with Crippen LogP contribution in [0.3, 0.4) is 0 Å². The van der Waals surface area contributed by atoms with Gasteiger partial charge in [-0.1, -0.05) is 0 Å². The zero-order valence-electron chi connectivity index (χ0n) is 20.2. The third-order valence-corrected chi connectivity index (χ3v) is 8.07. The largest absolute Gasteiger partial charge is 0.494 e. The van der Waals surface area contributed by atoms with E-state index < -0.39 is 0 Å². The number of carbonyl (C=O) groups is 1. The smallest absolute Gasteiger partial charge is 0.254 e. The quantitative estimate of drug-likeness (QED) is 0.484. The van der Waals surface area contributed by atoms with Crippen molar-refractivity contribution < 1.29 is 9.53 Å². The van der Waals surface area contributed by atoms with Gasteiger partial charge in [0.2, 0.25) is 0 Å². The predicted molar refractivity (Wildman–Crippen MR) is 135 cm³/mol. The number of fused-ring (bicyclic) bond motifs is 3. The van der Waals surface area contributed by atoms with E-state index in [1.807, 2.05) is 36.3 Å². The van der Waals surface area contributed by atoms with Crippen molar-refractivity contribution in [3.8, 4) is 17.3 Å². The first-order valence-corrected chi connectivity index (χ1v) is 12.6. The molecule has 5 heterocycles. The van der Waals surface area contributed by atoms with Crippen LogP contribution in [0.25, 0.3) is 33.6 Å². The van der Waals surface area contributed by atoms with Crippen molar-refractivity contribution >= 4 is 28.0 Å². The minimum Gasteiger partial charge on any atom is -0.494 e. The normalized spacial score (nSPS) is 21.8. The van der Waals surface area contributed by atoms with E-state index in [1.54, 1.807) is 7.11 Å². The summed E-state index contributed by atoms with van der Waals surface area (Å²) in [4.78, 5) is 25.2. The van der Waals surface area contributed by atoms with Crippen LogP contribution in [-0.4, -0.2) is 62.7 Å². The molecule has 1 N–H and O–H groups in total. The molecule has 2 atom stereocenters. The number of methoxy groups -OCH3 is 1. The molecule has 2 saturated heterocycles. The van der Waals surface area contributed by atoms with Gasteiger partial charge in [0.15, 0.2) is 5.82 Å². The van der Waals surface area contributed by atoms with E-state index in [4.69, 9.17) is 9.72 Å². The van der Waals surface area contributed by atoms with Gasteiger partial charge < -0.3 is 24.1 Å². The number of aromatic nitrogens is 4. The fraction of sp³-hybridized carbons (Fsp3) is 0.444. The number of ether oxygens (including phenoxy) is 1. The Balaban J connectivity index is 1.32. The van der Waals surface area contributed by atoms with E-state index >= 15 is 0 Å². The number of nitrogens with one attached hydrogen (secondary N) is 1. The zero-order chi connectivity index (χ0) is 23.7. The lowest BCUT2D eigenvalue weighted by atomic mass is 10.1. The minimum atomic E-state index is 0.0562. The Morgan fingerprint density at radius 1 is 1.20 bits per heavy atom. The summed E-state index contributed by atoms with van der Waals surface area (Å²) >= 11 is 0. The van der Waals surface area contributed by atoms with Crippen molar-refractivity contribution in [3.63, 3.8) is 0 Å². The molecule has 3 aliphatic rings. The number of imidazole rings is 1. The maximum absolute atomic E-state index is 13.4. The lowest BCUT2D eigenvalue weighted by Crippen LogP contribution is -2.33. The van der Waals surface area contributed by atoms with E-state index in [0.717, 1.165) is 66.2 Å². The van der Waals surface area contributed by atoms with Crippen molar-refractivity contribution in [1.82, 2.24) is 29.3 Å². The van der Waals surface area contributed by atoms with Gasteiger partial charge >= 0.3 is 0 Å². The molecular weight excluding hydrogens is 440 g/mol. The molecular formula is C27H30N6O2. The lowest BCUT2D eigenvalue weighted by molar-refractivity contribution is 0.0782. The van der Waals surface area contributed by atoms with Crippen molar-refractivity contribution in [3.05, 3.63) is 42.1 Å². The van der Waals surface area contributed by atoms with Crippen LogP contribution < -0.4 is 10.1 Å². The topological polar surface area (TPSA) is 77.2 Å².